The number of rotatable bonds is 2. The van der Waals surface area contributed by atoms with E-state index in [1.165, 1.54) is 29.2 Å². The molecule has 1 aliphatic heterocycles. The van der Waals surface area contributed by atoms with Crippen molar-refractivity contribution >= 4 is 24.8 Å². The third-order valence-corrected chi connectivity index (χ3v) is 3.04. The summed E-state index contributed by atoms with van der Waals surface area (Å²) in [5.74, 6) is -0.0278. The SMILES string of the molecule is Cl.Cl.Oc1ccc([C@@H](N2CCNCC2)C(F)(F)F)cc1. The molecule has 1 fully saturated rings. The Morgan fingerprint density at radius 1 is 1.05 bits per heavy atom. The molecule has 0 aromatic heterocycles. The number of hydrogen-bond acceptors (Lipinski definition) is 3. The number of alkyl halides is 3. The maximum Gasteiger partial charge on any atom is 0.408 e. The Morgan fingerprint density at radius 2 is 1.55 bits per heavy atom. The average molecular weight is 333 g/mol. The lowest BCUT2D eigenvalue weighted by molar-refractivity contribution is -0.187. The van der Waals surface area contributed by atoms with Crippen LogP contribution < -0.4 is 5.32 Å². The van der Waals surface area contributed by atoms with Crippen LogP contribution in [0.3, 0.4) is 0 Å². The lowest BCUT2D eigenvalue weighted by Crippen LogP contribution is -2.49. The van der Waals surface area contributed by atoms with E-state index in [0.717, 1.165) is 0 Å². The van der Waals surface area contributed by atoms with Crippen LogP contribution in [0.2, 0.25) is 0 Å². The molecule has 2 rings (SSSR count). The van der Waals surface area contributed by atoms with Crippen LogP contribution in [-0.4, -0.2) is 42.4 Å². The molecule has 1 saturated heterocycles. The molecule has 1 aromatic rings. The summed E-state index contributed by atoms with van der Waals surface area (Å²) in [5.41, 5.74) is 0.169. The van der Waals surface area contributed by atoms with E-state index in [9.17, 15) is 13.2 Å². The van der Waals surface area contributed by atoms with Crippen LogP contribution in [0.5, 0.6) is 5.75 Å². The van der Waals surface area contributed by atoms with Crippen LogP contribution in [0.15, 0.2) is 24.3 Å². The number of aromatic hydroxyl groups is 1. The highest BCUT2D eigenvalue weighted by Crippen LogP contribution is 2.38. The quantitative estimate of drug-likeness (QED) is 0.874. The van der Waals surface area contributed by atoms with E-state index in [1.54, 1.807) is 0 Å². The molecule has 0 saturated carbocycles. The first kappa shape index (κ1) is 19.3. The zero-order chi connectivity index (χ0) is 13.2. The molecule has 0 unspecified atom stereocenters. The summed E-state index contributed by atoms with van der Waals surface area (Å²) in [7, 11) is 0. The van der Waals surface area contributed by atoms with Gasteiger partial charge in [-0.25, -0.2) is 0 Å². The Labute approximate surface area is 128 Å². The number of benzene rings is 1. The van der Waals surface area contributed by atoms with Crippen molar-refractivity contribution in [2.24, 2.45) is 0 Å². The van der Waals surface area contributed by atoms with Crippen LogP contribution in [-0.2, 0) is 0 Å². The number of nitrogens with one attached hydrogen (secondary N) is 1. The molecule has 0 bridgehead atoms. The fourth-order valence-electron chi connectivity index (χ4n) is 2.20. The first-order chi connectivity index (χ1) is 8.48. The minimum atomic E-state index is -4.31. The minimum absolute atomic E-state index is 0. The van der Waals surface area contributed by atoms with Crippen molar-refractivity contribution < 1.29 is 18.3 Å². The van der Waals surface area contributed by atoms with Crippen molar-refractivity contribution in [1.29, 1.82) is 0 Å². The summed E-state index contributed by atoms with van der Waals surface area (Å²) in [6, 6.07) is 3.64. The van der Waals surface area contributed by atoms with Gasteiger partial charge in [0.15, 0.2) is 0 Å². The summed E-state index contributed by atoms with van der Waals surface area (Å²) in [6.07, 6.45) is -4.31. The molecule has 1 atom stereocenters. The van der Waals surface area contributed by atoms with Crippen molar-refractivity contribution in [2.45, 2.75) is 12.2 Å². The molecule has 3 nitrogen and oxygen atoms in total. The molecule has 20 heavy (non-hydrogen) atoms. The average Bonchev–Trinajstić information content (AvgIpc) is 2.32. The van der Waals surface area contributed by atoms with E-state index in [-0.39, 0.29) is 36.1 Å². The molecular weight excluding hydrogens is 316 g/mol. The van der Waals surface area contributed by atoms with Crippen molar-refractivity contribution in [1.82, 2.24) is 10.2 Å². The van der Waals surface area contributed by atoms with Gasteiger partial charge in [-0.2, -0.15) is 13.2 Å². The van der Waals surface area contributed by atoms with Crippen molar-refractivity contribution in [3.05, 3.63) is 29.8 Å². The monoisotopic (exact) mass is 332 g/mol. The van der Waals surface area contributed by atoms with Gasteiger partial charge in [-0.05, 0) is 17.7 Å². The number of phenols is 1. The van der Waals surface area contributed by atoms with E-state index in [2.05, 4.69) is 5.32 Å². The Hall–Kier alpha value is -0.690. The van der Waals surface area contributed by atoms with Crippen molar-refractivity contribution in [2.75, 3.05) is 26.2 Å². The highest BCUT2D eigenvalue weighted by atomic mass is 35.5. The van der Waals surface area contributed by atoms with Gasteiger partial charge in [0, 0.05) is 26.2 Å². The fourth-order valence-corrected chi connectivity index (χ4v) is 2.20. The number of nitrogens with zero attached hydrogens (tertiary/aromatic N) is 1. The normalized spacial score (nSPS) is 17.8. The molecular formula is C12H17Cl2F3N2O. The van der Waals surface area contributed by atoms with Crippen LogP contribution in [0.1, 0.15) is 11.6 Å². The Balaban J connectivity index is 0.00000180. The number of piperazine rings is 1. The molecule has 8 heteroatoms. The van der Waals surface area contributed by atoms with Gasteiger partial charge >= 0.3 is 6.18 Å². The predicted molar refractivity (Wildman–Crippen MR) is 75.8 cm³/mol. The second kappa shape index (κ2) is 7.93. The minimum Gasteiger partial charge on any atom is -0.508 e. The van der Waals surface area contributed by atoms with Gasteiger partial charge in [0.25, 0.3) is 0 Å². The van der Waals surface area contributed by atoms with Gasteiger partial charge in [-0.1, -0.05) is 12.1 Å². The molecule has 0 amide bonds. The van der Waals surface area contributed by atoms with Crippen LogP contribution >= 0.6 is 24.8 Å². The molecule has 116 valence electrons. The van der Waals surface area contributed by atoms with Gasteiger partial charge in [0.1, 0.15) is 11.8 Å². The zero-order valence-corrected chi connectivity index (χ0v) is 12.2. The van der Waals surface area contributed by atoms with E-state index in [0.29, 0.717) is 26.2 Å². The van der Waals surface area contributed by atoms with Gasteiger partial charge in [0.05, 0.1) is 0 Å². The summed E-state index contributed by atoms with van der Waals surface area (Å²) >= 11 is 0. The summed E-state index contributed by atoms with van der Waals surface area (Å²) in [4.78, 5) is 1.42. The maximum absolute atomic E-state index is 13.2. The van der Waals surface area contributed by atoms with Gasteiger partial charge in [-0.15, -0.1) is 24.8 Å². The molecule has 1 aliphatic rings. The first-order valence-corrected chi connectivity index (χ1v) is 5.79. The van der Waals surface area contributed by atoms with Gasteiger partial charge in [-0.3, -0.25) is 4.90 Å². The standard InChI is InChI=1S/C12H15F3N2O.2ClH/c13-12(14,15)11(17-7-5-16-6-8-17)9-1-3-10(18)4-2-9;;/h1-4,11,16,18H,5-8H2;2*1H/t11-;;/m1../s1. The Morgan fingerprint density at radius 3 is 2.00 bits per heavy atom. The molecule has 2 N–H and O–H groups in total. The summed E-state index contributed by atoms with van der Waals surface area (Å²) in [6.45, 7) is 1.85. The van der Waals surface area contributed by atoms with Gasteiger partial charge in [0.2, 0.25) is 0 Å². The van der Waals surface area contributed by atoms with Crippen LogP contribution in [0.4, 0.5) is 13.2 Å². The second-order valence-electron chi connectivity index (χ2n) is 4.32. The maximum atomic E-state index is 13.2. The van der Waals surface area contributed by atoms with Gasteiger partial charge < -0.3 is 10.4 Å². The molecule has 1 aromatic carbocycles. The number of phenolic OH excluding ortho intramolecular Hbond substituents is 1. The van der Waals surface area contributed by atoms with E-state index in [1.807, 2.05) is 0 Å². The lowest BCUT2D eigenvalue weighted by Gasteiger charge is -2.36. The topological polar surface area (TPSA) is 35.5 Å². The van der Waals surface area contributed by atoms with E-state index < -0.39 is 12.2 Å². The van der Waals surface area contributed by atoms with Crippen LogP contribution in [0.25, 0.3) is 0 Å². The zero-order valence-electron chi connectivity index (χ0n) is 10.6. The molecule has 0 radical (unpaired) electrons. The summed E-state index contributed by atoms with van der Waals surface area (Å²) < 4.78 is 39.5. The number of halogens is 5. The Bertz CT molecular complexity index is 395. The van der Waals surface area contributed by atoms with Crippen molar-refractivity contribution in [3.8, 4) is 5.75 Å². The highest BCUT2D eigenvalue weighted by molar-refractivity contribution is 5.85. The predicted octanol–water partition coefficient (Wildman–Crippen LogP) is 2.74. The molecule has 1 heterocycles. The number of hydrogen-bond donors (Lipinski definition) is 2. The summed E-state index contributed by atoms with van der Waals surface area (Å²) in [5, 5.41) is 12.2. The lowest BCUT2D eigenvalue weighted by atomic mass is 10.0. The second-order valence-corrected chi connectivity index (χ2v) is 4.32. The third kappa shape index (κ3) is 4.70. The Kier molecular flexibility index (Phi) is 7.65. The first-order valence-electron chi connectivity index (χ1n) is 5.79. The largest absolute Gasteiger partial charge is 0.508 e. The molecule has 0 spiro atoms. The van der Waals surface area contributed by atoms with E-state index >= 15 is 0 Å². The highest BCUT2D eigenvalue weighted by Gasteiger charge is 2.44. The van der Waals surface area contributed by atoms with Crippen molar-refractivity contribution in [3.63, 3.8) is 0 Å². The molecule has 0 aliphatic carbocycles. The van der Waals surface area contributed by atoms with E-state index in [4.69, 9.17) is 5.11 Å². The fraction of sp³-hybridized carbons (Fsp3) is 0.500. The smallest absolute Gasteiger partial charge is 0.408 e. The van der Waals surface area contributed by atoms with Crippen LogP contribution in [0, 0.1) is 0 Å². The third-order valence-electron chi connectivity index (χ3n) is 3.04.